The van der Waals surface area contributed by atoms with Gasteiger partial charge in [0, 0.05) is 19.4 Å². The summed E-state index contributed by atoms with van der Waals surface area (Å²) in [6.07, 6.45) is 9.04. The van der Waals surface area contributed by atoms with Crippen LogP contribution in [-0.4, -0.2) is 77.8 Å². The predicted molar refractivity (Wildman–Crippen MR) is 152 cm³/mol. The molecule has 4 aliphatic rings. The van der Waals surface area contributed by atoms with E-state index in [1.807, 2.05) is 0 Å². The van der Waals surface area contributed by atoms with Crippen molar-refractivity contribution < 1.29 is 24.6 Å². The van der Waals surface area contributed by atoms with Gasteiger partial charge in [-0.2, -0.15) is 0 Å². The molecule has 1 amide bonds. The summed E-state index contributed by atoms with van der Waals surface area (Å²) in [6, 6.07) is 0. The van der Waals surface area contributed by atoms with E-state index in [1.165, 1.54) is 13.0 Å². The van der Waals surface area contributed by atoms with Crippen molar-refractivity contribution in [3.63, 3.8) is 0 Å². The molecular weight excluding hydrogens is 476 g/mol. The Balaban J connectivity index is 1.34. The van der Waals surface area contributed by atoms with Gasteiger partial charge in [-0.15, -0.1) is 0 Å². The Labute approximate surface area is 232 Å². The molecule has 4 fully saturated rings. The van der Waals surface area contributed by atoms with Crippen LogP contribution in [0.4, 0.5) is 0 Å². The van der Waals surface area contributed by atoms with E-state index in [9.17, 15) is 20.1 Å². The van der Waals surface area contributed by atoms with E-state index < -0.39 is 0 Å². The molecule has 0 bridgehead atoms. The van der Waals surface area contributed by atoms with Crippen molar-refractivity contribution in [3.05, 3.63) is 0 Å². The molecule has 0 spiro atoms. The zero-order valence-corrected chi connectivity index (χ0v) is 25.3. The van der Waals surface area contributed by atoms with E-state index in [1.54, 1.807) is 0 Å². The fourth-order valence-corrected chi connectivity index (χ4v) is 10.2. The minimum Gasteiger partial charge on any atom is -0.393 e. The summed E-state index contributed by atoms with van der Waals surface area (Å²) >= 11 is 0. The molecule has 0 aromatic rings. The number of nitrogens with zero attached hydrogens (tertiary/aromatic N) is 1. The summed E-state index contributed by atoms with van der Waals surface area (Å²) in [4.78, 5) is 12.6. The number of aliphatic hydroxyl groups excluding tert-OH is 3. The quantitative estimate of drug-likeness (QED) is 0.247. The number of hydrogen-bond acceptors (Lipinski definition) is 4. The normalized spacial score (nSPS) is 43.6. The van der Waals surface area contributed by atoms with E-state index in [2.05, 4.69) is 47.1 Å². The first-order valence-corrected chi connectivity index (χ1v) is 16.0. The maximum atomic E-state index is 12.6. The smallest absolute Gasteiger partial charge is 0.220 e. The first-order valence-electron chi connectivity index (χ1n) is 16.0. The van der Waals surface area contributed by atoms with Crippen LogP contribution in [0, 0.1) is 46.3 Å². The number of carbonyl (C=O) groups excluding carboxylic acids is 1. The Hall–Kier alpha value is -0.690. The molecule has 4 N–H and O–H groups in total. The SMILES string of the molecule is CCC[N+](C)(C)CCCNC(=O)CC[C@@H](C)[C@H]1CCC2C3C(C[C@H](O)[C@@]21C)[C@@]1(C)CC[C@@H](O)CC1C[C@H]3O. The number of nitrogens with one attached hydrogen (secondary N) is 1. The average molecular weight is 536 g/mol. The Bertz CT molecular complexity index is 819. The topological polar surface area (TPSA) is 89.8 Å². The van der Waals surface area contributed by atoms with Gasteiger partial charge in [-0.1, -0.05) is 27.7 Å². The molecular formula is C32H59N2O4+. The second kappa shape index (κ2) is 11.7. The molecule has 0 heterocycles. The van der Waals surface area contributed by atoms with Crippen LogP contribution in [-0.2, 0) is 4.79 Å². The lowest BCUT2D eigenvalue weighted by Gasteiger charge is -2.63. The van der Waals surface area contributed by atoms with Crippen LogP contribution in [0.5, 0.6) is 0 Å². The predicted octanol–water partition coefficient (Wildman–Crippen LogP) is 4.36. The maximum absolute atomic E-state index is 12.6. The van der Waals surface area contributed by atoms with Gasteiger partial charge in [-0.3, -0.25) is 4.79 Å². The van der Waals surface area contributed by atoms with Gasteiger partial charge in [0.25, 0.3) is 0 Å². The summed E-state index contributed by atoms with van der Waals surface area (Å²) < 4.78 is 1.01. The number of rotatable bonds is 10. The number of amides is 1. The molecule has 0 aromatic heterocycles. The van der Waals surface area contributed by atoms with Gasteiger partial charge in [-0.25, -0.2) is 0 Å². The van der Waals surface area contributed by atoms with Crippen LogP contribution in [0.25, 0.3) is 0 Å². The number of hydrogen-bond donors (Lipinski definition) is 4. The van der Waals surface area contributed by atoms with Crippen LogP contribution >= 0.6 is 0 Å². The van der Waals surface area contributed by atoms with Crippen LogP contribution in [0.1, 0.15) is 98.3 Å². The molecule has 0 aromatic carbocycles. The van der Waals surface area contributed by atoms with Crippen molar-refractivity contribution in [2.24, 2.45) is 46.3 Å². The summed E-state index contributed by atoms with van der Waals surface area (Å²) in [7, 11) is 4.52. The monoisotopic (exact) mass is 535 g/mol. The largest absolute Gasteiger partial charge is 0.393 e. The molecule has 0 radical (unpaired) electrons. The minimum atomic E-state index is -0.364. The third-order valence-electron chi connectivity index (χ3n) is 12.4. The lowest BCUT2D eigenvalue weighted by atomic mass is 9.43. The molecule has 4 saturated carbocycles. The van der Waals surface area contributed by atoms with Gasteiger partial charge in [0.05, 0.1) is 45.5 Å². The van der Waals surface area contributed by atoms with Gasteiger partial charge in [0.2, 0.25) is 5.91 Å². The number of quaternary nitrogens is 1. The van der Waals surface area contributed by atoms with E-state index in [0.29, 0.717) is 36.0 Å². The van der Waals surface area contributed by atoms with E-state index >= 15 is 0 Å². The van der Waals surface area contributed by atoms with Crippen LogP contribution in [0.2, 0.25) is 0 Å². The first-order chi connectivity index (χ1) is 17.8. The summed E-state index contributed by atoms with van der Waals surface area (Å²) in [5, 5.41) is 36.7. The fraction of sp³-hybridized carbons (Fsp3) is 0.969. The number of aliphatic hydroxyl groups is 3. The third kappa shape index (κ3) is 5.71. The third-order valence-corrected chi connectivity index (χ3v) is 12.4. The van der Waals surface area contributed by atoms with Gasteiger partial charge in [0.1, 0.15) is 0 Å². The standard InChI is InChI=1S/C32H58N2O4/c1-7-16-34(5,6)17-8-15-33-29(38)12-9-21(2)24-10-11-25-30-26(20-28(37)32(24,25)4)31(3)14-13-23(35)18-22(31)19-27(30)36/h21-28,30,35-37H,7-20H2,1-6H3/p+1/t21-,22?,23-,24-,25?,26?,27-,28+,30?,31+,32-/m1/s1. The molecule has 11 atom stereocenters. The molecule has 4 unspecified atom stereocenters. The van der Waals surface area contributed by atoms with E-state index in [0.717, 1.165) is 75.4 Å². The van der Waals surface area contributed by atoms with Gasteiger partial charge in [-0.05, 0) is 104 Å². The summed E-state index contributed by atoms with van der Waals surface area (Å²) in [5.41, 5.74) is -0.0872. The highest BCUT2D eigenvalue weighted by molar-refractivity contribution is 5.75. The fourth-order valence-electron chi connectivity index (χ4n) is 10.2. The Morgan fingerprint density at radius 2 is 1.76 bits per heavy atom. The molecule has 6 heteroatoms. The molecule has 38 heavy (non-hydrogen) atoms. The number of carbonyl (C=O) groups is 1. The Kier molecular flexibility index (Phi) is 9.29. The highest BCUT2D eigenvalue weighted by Crippen LogP contribution is 2.68. The highest BCUT2D eigenvalue weighted by atomic mass is 16.3. The van der Waals surface area contributed by atoms with Gasteiger partial charge >= 0.3 is 0 Å². The van der Waals surface area contributed by atoms with Crippen molar-refractivity contribution in [1.29, 1.82) is 0 Å². The highest BCUT2D eigenvalue weighted by Gasteiger charge is 2.65. The maximum Gasteiger partial charge on any atom is 0.220 e. The van der Waals surface area contributed by atoms with Crippen LogP contribution in [0.3, 0.4) is 0 Å². The zero-order chi connectivity index (χ0) is 27.9. The van der Waals surface area contributed by atoms with Gasteiger partial charge < -0.3 is 25.1 Å². The summed E-state index contributed by atoms with van der Waals surface area (Å²) in [5.74, 6) is 2.17. The molecule has 4 aliphatic carbocycles. The molecule has 0 aliphatic heterocycles. The lowest BCUT2D eigenvalue weighted by Crippen LogP contribution is -2.62. The molecule has 4 rings (SSSR count). The summed E-state index contributed by atoms with van der Waals surface area (Å²) in [6.45, 7) is 12.2. The van der Waals surface area contributed by atoms with Crippen LogP contribution < -0.4 is 5.32 Å². The second-order valence-electron chi connectivity index (χ2n) is 15.1. The van der Waals surface area contributed by atoms with Crippen molar-refractivity contribution in [2.45, 2.75) is 117 Å². The van der Waals surface area contributed by atoms with E-state index in [4.69, 9.17) is 0 Å². The first kappa shape index (κ1) is 30.3. The molecule has 0 saturated heterocycles. The zero-order valence-electron chi connectivity index (χ0n) is 25.3. The van der Waals surface area contributed by atoms with Crippen molar-refractivity contribution in [2.75, 3.05) is 33.7 Å². The second-order valence-corrected chi connectivity index (χ2v) is 15.1. The Morgan fingerprint density at radius 3 is 2.47 bits per heavy atom. The Morgan fingerprint density at radius 1 is 1.03 bits per heavy atom. The van der Waals surface area contributed by atoms with Gasteiger partial charge in [0.15, 0.2) is 0 Å². The van der Waals surface area contributed by atoms with E-state index in [-0.39, 0.29) is 41.0 Å². The number of fused-ring (bicyclic) bond motifs is 5. The molecule has 6 nitrogen and oxygen atoms in total. The van der Waals surface area contributed by atoms with Crippen molar-refractivity contribution in [1.82, 2.24) is 5.32 Å². The van der Waals surface area contributed by atoms with Crippen molar-refractivity contribution in [3.8, 4) is 0 Å². The molecule has 220 valence electrons. The average Bonchev–Trinajstić information content (AvgIpc) is 3.20. The van der Waals surface area contributed by atoms with Crippen molar-refractivity contribution >= 4 is 5.91 Å². The van der Waals surface area contributed by atoms with Crippen LogP contribution in [0.15, 0.2) is 0 Å². The lowest BCUT2D eigenvalue weighted by molar-refractivity contribution is -0.890. The minimum absolute atomic E-state index is 0.109.